The molecule has 0 bridgehead atoms. The van der Waals surface area contributed by atoms with Gasteiger partial charge in [0.25, 0.3) is 0 Å². The summed E-state index contributed by atoms with van der Waals surface area (Å²) in [6.07, 6.45) is 3.92. The lowest BCUT2D eigenvalue weighted by atomic mass is 10.1. The van der Waals surface area contributed by atoms with Crippen molar-refractivity contribution in [2.24, 2.45) is 0 Å². The minimum absolute atomic E-state index is 0.284. The van der Waals surface area contributed by atoms with E-state index in [1.165, 1.54) is 63.2 Å². The Bertz CT molecular complexity index is 759. The van der Waals surface area contributed by atoms with Crippen LogP contribution in [0.5, 0.6) is 5.75 Å². The molecule has 0 aromatic heterocycles. The topological polar surface area (TPSA) is 53.6 Å². The maximum Gasteiger partial charge on any atom is 0.319 e. The Labute approximate surface area is 159 Å². The third kappa shape index (κ3) is 5.69. The number of amides is 2. The third-order valence-electron chi connectivity index (χ3n) is 4.74. The standard InChI is InChI=1S/C21H26FN3O2/c1-27-20-13-18(22)9-10-19(20)24-21(26)23-14-16-5-7-17(8-6-16)15-25-11-3-2-4-12-25/h5-10,13H,2-4,11-12,14-15H2,1H3,(H2,23,24,26). The predicted octanol–water partition coefficient (Wildman–Crippen LogP) is 4.14. The zero-order chi connectivity index (χ0) is 19.1. The lowest BCUT2D eigenvalue weighted by Crippen LogP contribution is -2.29. The minimum atomic E-state index is -0.414. The van der Waals surface area contributed by atoms with Gasteiger partial charge < -0.3 is 15.4 Å². The van der Waals surface area contributed by atoms with E-state index >= 15 is 0 Å². The molecule has 0 saturated carbocycles. The Morgan fingerprint density at radius 2 is 1.78 bits per heavy atom. The second-order valence-electron chi connectivity index (χ2n) is 6.81. The fraction of sp³-hybridized carbons (Fsp3) is 0.381. The summed E-state index contributed by atoms with van der Waals surface area (Å²) in [5, 5.41) is 5.48. The number of halogens is 1. The normalized spacial score (nSPS) is 14.6. The summed E-state index contributed by atoms with van der Waals surface area (Å²) < 4.78 is 18.3. The van der Waals surface area contributed by atoms with Crippen LogP contribution in [0.3, 0.4) is 0 Å². The minimum Gasteiger partial charge on any atom is -0.494 e. The highest BCUT2D eigenvalue weighted by molar-refractivity contribution is 5.90. The van der Waals surface area contributed by atoms with Crippen LogP contribution in [-0.2, 0) is 13.1 Å². The van der Waals surface area contributed by atoms with Gasteiger partial charge in [0.15, 0.2) is 0 Å². The van der Waals surface area contributed by atoms with Gasteiger partial charge >= 0.3 is 6.03 Å². The van der Waals surface area contributed by atoms with Gasteiger partial charge in [-0.25, -0.2) is 9.18 Å². The van der Waals surface area contributed by atoms with E-state index in [2.05, 4.69) is 27.7 Å². The van der Waals surface area contributed by atoms with Crippen LogP contribution in [0.25, 0.3) is 0 Å². The van der Waals surface area contributed by atoms with Gasteiger partial charge in [0.05, 0.1) is 12.8 Å². The summed E-state index contributed by atoms with van der Waals surface area (Å²) >= 11 is 0. The molecule has 6 heteroatoms. The quantitative estimate of drug-likeness (QED) is 0.802. The lowest BCUT2D eigenvalue weighted by Gasteiger charge is -2.26. The van der Waals surface area contributed by atoms with Crippen molar-refractivity contribution < 1.29 is 13.9 Å². The molecule has 0 spiro atoms. The van der Waals surface area contributed by atoms with Gasteiger partial charge in [-0.15, -0.1) is 0 Å². The van der Waals surface area contributed by atoms with E-state index < -0.39 is 5.82 Å². The maximum absolute atomic E-state index is 13.2. The number of benzene rings is 2. The van der Waals surface area contributed by atoms with Crippen molar-refractivity contribution in [3.63, 3.8) is 0 Å². The number of urea groups is 1. The number of nitrogens with one attached hydrogen (secondary N) is 2. The SMILES string of the molecule is COc1cc(F)ccc1NC(=O)NCc1ccc(CN2CCCCC2)cc1. The van der Waals surface area contributed by atoms with E-state index in [4.69, 9.17) is 4.74 Å². The molecule has 144 valence electrons. The van der Waals surface area contributed by atoms with Gasteiger partial charge in [0.2, 0.25) is 0 Å². The number of carbonyl (C=O) groups excluding carboxylic acids is 1. The second-order valence-corrected chi connectivity index (χ2v) is 6.81. The number of likely N-dealkylation sites (tertiary alicyclic amines) is 1. The molecule has 0 radical (unpaired) electrons. The van der Waals surface area contributed by atoms with Crippen LogP contribution < -0.4 is 15.4 Å². The largest absolute Gasteiger partial charge is 0.494 e. The van der Waals surface area contributed by atoms with Gasteiger partial charge in [-0.1, -0.05) is 30.7 Å². The molecule has 0 atom stereocenters. The number of hydrogen-bond acceptors (Lipinski definition) is 3. The molecule has 1 aliphatic rings. The zero-order valence-corrected chi connectivity index (χ0v) is 15.6. The van der Waals surface area contributed by atoms with E-state index in [0.717, 1.165) is 12.1 Å². The molecule has 5 nitrogen and oxygen atoms in total. The molecule has 2 aromatic carbocycles. The van der Waals surface area contributed by atoms with Gasteiger partial charge in [0, 0.05) is 19.2 Å². The number of ether oxygens (including phenoxy) is 1. The fourth-order valence-electron chi connectivity index (χ4n) is 3.26. The van der Waals surface area contributed by atoms with Crippen LogP contribution in [-0.4, -0.2) is 31.1 Å². The van der Waals surface area contributed by atoms with E-state index in [1.54, 1.807) is 0 Å². The highest BCUT2D eigenvalue weighted by Gasteiger charge is 2.11. The molecule has 3 rings (SSSR count). The van der Waals surface area contributed by atoms with Crippen LogP contribution in [0.1, 0.15) is 30.4 Å². The number of rotatable bonds is 6. The first-order valence-electron chi connectivity index (χ1n) is 9.32. The Balaban J connectivity index is 1.48. The predicted molar refractivity (Wildman–Crippen MR) is 104 cm³/mol. The van der Waals surface area contributed by atoms with Gasteiger partial charge in [-0.3, -0.25) is 4.90 Å². The summed E-state index contributed by atoms with van der Waals surface area (Å²) in [7, 11) is 1.43. The first kappa shape index (κ1) is 19.2. The molecule has 2 N–H and O–H groups in total. The molecule has 1 fully saturated rings. The summed E-state index contributed by atoms with van der Waals surface area (Å²) in [5.41, 5.74) is 2.74. The Morgan fingerprint density at radius 3 is 2.48 bits per heavy atom. The number of carbonyl (C=O) groups is 1. The van der Waals surface area contributed by atoms with E-state index in [0.29, 0.717) is 12.2 Å². The zero-order valence-electron chi connectivity index (χ0n) is 15.6. The molecule has 2 amide bonds. The molecule has 0 unspecified atom stereocenters. The average molecular weight is 371 g/mol. The van der Waals surface area contributed by atoms with Crippen LogP contribution in [0, 0.1) is 5.82 Å². The monoisotopic (exact) mass is 371 g/mol. The Hall–Kier alpha value is -2.60. The molecular formula is C21H26FN3O2. The van der Waals surface area contributed by atoms with Crippen LogP contribution in [0.4, 0.5) is 14.9 Å². The highest BCUT2D eigenvalue weighted by atomic mass is 19.1. The Morgan fingerprint density at radius 1 is 1.07 bits per heavy atom. The van der Waals surface area contributed by atoms with Gasteiger partial charge in [0.1, 0.15) is 11.6 Å². The maximum atomic E-state index is 13.2. The number of methoxy groups -OCH3 is 1. The van der Waals surface area contributed by atoms with Crippen molar-refractivity contribution in [1.82, 2.24) is 10.2 Å². The van der Waals surface area contributed by atoms with E-state index in [9.17, 15) is 9.18 Å². The van der Waals surface area contributed by atoms with Crippen molar-refractivity contribution in [3.05, 3.63) is 59.4 Å². The molecule has 27 heavy (non-hydrogen) atoms. The van der Waals surface area contributed by atoms with E-state index in [1.807, 2.05) is 12.1 Å². The lowest BCUT2D eigenvalue weighted by molar-refractivity contribution is 0.221. The third-order valence-corrected chi connectivity index (χ3v) is 4.74. The van der Waals surface area contributed by atoms with Crippen LogP contribution >= 0.6 is 0 Å². The smallest absolute Gasteiger partial charge is 0.319 e. The fourth-order valence-corrected chi connectivity index (χ4v) is 3.26. The molecule has 1 heterocycles. The number of nitrogens with zero attached hydrogens (tertiary/aromatic N) is 1. The second kappa shape index (κ2) is 9.37. The molecule has 1 aliphatic heterocycles. The number of anilines is 1. The van der Waals surface area contributed by atoms with Crippen molar-refractivity contribution in [2.75, 3.05) is 25.5 Å². The van der Waals surface area contributed by atoms with Gasteiger partial charge in [-0.2, -0.15) is 0 Å². The van der Waals surface area contributed by atoms with Crippen molar-refractivity contribution in [2.45, 2.75) is 32.4 Å². The molecule has 1 saturated heterocycles. The van der Waals surface area contributed by atoms with Crippen LogP contribution in [0.2, 0.25) is 0 Å². The average Bonchev–Trinajstić information content (AvgIpc) is 2.69. The molecule has 2 aromatic rings. The van der Waals surface area contributed by atoms with Crippen LogP contribution in [0.15, 0.2) is 42.5 Å². The Kier molecular flexibility index (Phi) is 6.65. The molecular weight excluding hydrogens is 345 g/mol. The number of piperidine rings is 1. The van der Waals surface area contributed by atoms with Crippen molar-refractivity contribution in [3.8, 4) is 5.75 Å². The summed E-state index contributed by atoms with van der Waals surface area (Å²) in [6.45, 7) is 3.75. The highest BCUT2D eigenvalue weighted by Crippen LogP contribution is 2.24. The number of hydrogen-bond donors (Lipinski definition) is 2. The first-order valence-corrected chi connectivity index (χ1v) is 9.32. The first-order chi connectivity index (χ1) is 13.1. The van der Waals surface area contributed by atoms with E-state index in [-0.39, 0.29) is 11.8 Å². The van der Waals surface area contributed by atoms with Crippen molar-refractivity contribution >= 4 is 11.7 Å². The summed E-state index contributed by atoms with van der Waals surface area (Å²) in [5.74, 6) is -0.130. The summed E-state index contributed by atoms with van der Waals surface area (Å²) in [4.78, 5) is 14.6. The summed E-state index contributed by atoms with van der Waals surface area (Å²) in [6, 6.07) is 11.9. The van der Waals surface area contributed by atoms with Crippen molar-refractivity contribution in [1.29, 1.82) is 0 Å². The molecule has 0 aliphatic carbocycles. The van der Waals surface area contributed by atoms with Gasteiger partial charge in [-0.05, 0) is 49.2 Å².